The van der Waals surface area contributed by atoms with Gasteiger partial charge in [-0.05, 0) is 30.3 Å². The van der Waals surface area contributed by atoms with Gasteiger partial charge in [-0.15, -0.1) is 0 Å². The van der Waals surface area contributed by atoms with Crippen LogP contribution >= 0.6 is 0 Å². The lowest BCUT2D eigenvalue weighted by molar-refractivity contribution is 0.256. The number of benzene rings is 2. The average Bonchev–Trinajstić information content (AvgIpc) is 2.86. The van der Waals surface area contributed by atoms with Crippen LogP contribution in [0.5, 0.6) is 5.75 Å². The minimum atomic E-state index is -3.80. The van der Waals surface area contributed by atoms with Crippen LogP contribution in [0.4, 0.5) is 10.5 Å². The summed E-state index contributed by atoms with van der Waals surface area (Å²) in [4.78, 5) is 18.4. The van der Waals surface area contributed by atoms with E-state index < -0.39 is 16.1 Å². The molecule has 1 aliphatic rings. The quantitative estimate of drug-likeness (QED) is 0.904. The monoisotopic (exact) mass is 317 g/mol. The summed E-state index contributed by atoms with van der Waals surface area (Å²) in [5, 5.41) is 0.615. The van der Waals surface area contributed by atoms with Crippen molar-refractivity contribution in [2.75, 3.05) is 11.8 Å². The number of rotatable bonds is 4. The van der Waals surface area contributed by atoms with Crippen molar-refractivity contribution < 1.29 is 17.9 Å². The second-order valence-corrected chi connectivity index (χ2v) is 6.18. The molecule has 0 atom stereocenters. The number of urea groups is 1. The van der Waals surface area contributed by atoms with Crippen LogP contribution in [0.1, 0.15) is 0 Å². The summed E-state index contributed by atoms with van der Waals surface area (Å²) < 4.78 is 32.2. The first kappa shape index (κ1) is 14.2. The molecule has 2 amide bonds. The Morgan fingerprint density at radius 1 is 1.05 bits per heavy atom. The van der Waals surface area contributed by atoms with E-state index >= 15 is 0 Å². The molecule has 0 fully saturated rings. The molecule has 3 rings (SSSR count). The number of amides is 2. The van der Waals surface area contributed by atoms with Gasteiger partial charge in [-0.2, -0.15) is 9.98 Å². The summed E-state index contributed by atoms with van der Waals surface area (Å²) in [5.41, 5.74) is 0.373. The minimum Gasteiger partial charge on any atom is -0.497 e. The highest BCUT2D eigenvalue weighted by Gasteiger charge is 2.16. The SMILES string of the molecule is COc1cccc(NS(=O)(=O)c2ccc3c(c2)=NC(=O)N=3)c1. The number of carbonyl (C=O) groups excluding carboxylic acids is 1. The summed E-state index contributed by atoms with van der Waals surface area (Å²) in [6.07, 6.45) is 0. The first-order valence-corrected chi connectivity index (χ1v) is 7.75. The Morgan fingerprint density at radius 3 is 2.59 bits per heavy atom. The largest absolute Gasteiger partial charge is 0.497 e. The van der Waals surface area contributed by atoms with E-state index in [1.54, 1.807) is 24.3 Å². The third-order valence-electron chi connectivity index (χ3n) is 3.01. The smallest absolute Gasteiger partial charge is 0.368 e. The molecule has 1 heterocycles. The lowest BCUT2D eigenvalue weighted by Gasteiger charge is -2.09. The predicted molar refractivity (Wildman–Crippen MR) is 78.0 cm³/mol. The van der Waals surface area contributed by atoms with Gasteiger partial charge in [0.2, 0.25) is 0 Å². The molecule has 8 heteroatoms. The van der Waals surface area contributed by atoms with Crippen LogP contribution < -0.4 is 20.2 Å². The zero-order valence-electron chi connectivity index (χ0n) is 11.5. The molecule has 0 saturated carbocycles. The second-order valence-electron chi connectivity index (χ2n) is 4.49. The Labute approximate surface area is 126 Å². The van der Waals surface area contributed by atoms with Gasteiger partial charge >= 0.3 is 6.03 Å². The Kier molecular flexibility index (Phi) is 3.38. The minimum absolute atomic E-state index is 0.00252. The van der Waals surface area contributed by atoms with E-state index in [-0.39, 0.29) is 10.3 Å². The normalized spacial score (nSPS) is 13.0. The van der Waals surface area contributed by atoms with Gasteiger partial charge in [0.25, 0.3) is 10.0 Å². The fourth-order valence-electron chi connectivity index (χ4n) is 1.99. The van der Waals surface area contributed by atoms with Crippen molar-refractivity contribution in [2.45, 2.75) is 4.90 Å². The lowest BCUT2D eigenvalue weighted by Crippen LogP contribution is -2.24. The molecule has 2 aromatic rings. The molecule has 0 unspecified atom stereocenters. The maximum absolute atomic E-state index is 12.4. The zero-order chi connectivity index (χ0) is 15.7. The standard InChI is InChI=1S/C14H11N3O4S/c1-21-10-4-2-3-9(7-10)17-22(19,20)11-5-6-12-13(8-11)16-14(18)15-12/h2-8,17H,1H3. The number of nitrogens with zero attached hydrogens (tertiary/aromatic N) is 2. The molecule has 7 nitrogen and oxygen atoms in total. The highest BCUT2D eigenvalue weighted by atomic mass is 32.2. The molecule has 0 saturated heterocycles. The summed E-state index contributed by atoms with van der Waals surface area (Å²) in [6.45, 7) is 0. The van der Waals surface area contributed by atoms with Gasteiger partial charge in [0.15, 0.2) is 0 Å². The number of anilines is 1. The van der Waals surface area contributed by atoms with Crippen molar-refractivity contribution in [1.82, 2.24) is 0 Å². The molecule has 2 aromatic carbocycles. The number of ether oxygens (including phenoxy) is 1. The van der Waals surface area contributed by atoms with Crippen LogP contribution in [0, 0.1) is 0 Å². The average molecular weight is 317 g/mol. The molecule has 22 heavy (non-hydrogen) atoms. The van der Waals surface area contributed by atoms with Crippen molar-refractivity contribution in [3.63, 3.8) is 0 Å². The van der Waals surface area contributed by atoms with Crippen LogP contribution in [0.2, 0.25) is 0 Å². The topological polar surface area (TPSA) is 97.2 Å². The first-order chi connectivity index (χ1) is 10.5. The highest BCUT2D eigenvalue weighted by molar-refractivity contribution is 7.92. The van der Waals surface area contributed by atoms with Crippen molar-refractivity contribution in [2.24, 2.45) is 9.98 Å². The third-order valence-corrected chi connectivity index (χ3v) is 4.39. The number of sulfonamides is 1. The van der Waals surface area contributed by atoms with E-state index in [1.165, 1.54) is 25.3 Å². The van der Waals surface area contributed by atoms with Crippen LogP contribution in [-0.4, -0.2) is 21.6 Å². The van der Waals surface area contributed by atoms with E-state index in [9.17, 15) is 13.2 Å². The Balaban J connectivity index is 1.97. The summed E-state index contributed by atoms with van der Waals surface area (Å²) in [6, 6.07) is 10.1. The van der Waals surface area contributed by atoms with Crippen molar-refractivity contribution in [3.05, 3.63) is 53.2 Å². The predicted octanol–water partition coefficient (Wildman–Crippen LogP) is 0.869. The van der Waals surface area contributed by atoms with Gasteiger partial charge in [0, 0.05) is 6.07 Å². The maximum atomic E-state index is 12.4. The van der Waals surface area contributed by atoms with Crippen molar-refractivity contribution >= 4 is 21.7 Å². The van der Waals surface area contributed by atoms with Gasteiger partial charge in [0.05, 0.1) is 28.4 Å². The molecule has 1 aliphatic heterocycles. The van der Waals surface area contributed by atoms with E-state index in [2.05, 4.69) is 14.7 Å². The molecule has 1 N–H and O–H groups in total. The number of hydrogen-bond acceptors (Lipinski definition) is 4. The molecule has 0 aliphatic carbocycles. The molecular formula is C14H11N3O4S. The van der Waals surface area contributed by atoms with Crippen LogP contribution in [0.15, 0.2) is 57.3 Å². The van der Waals surface area contributed by atoms with Gasteiger partial charge in [0.1, 0.15) is 5.75 Å². The van der Waals surface area contributed by atoms with E-state index in [0.29, 0.717) is 16.8 Å². The van der Waals surface area contributed by atoms with E-state index in [4.69, 9.17) is 4.74 Å². The fraction of sp³-hybridized carbons (Fsp3) is 0.0714. The third kappa shape index (κ3) is 2.68. The van der Waals surface area contributed by atoms with Gasteiger partial charge in [-0.25, -0.2) is 13.2 Å². The summed E-state index contributed by atoms with van der Waals surface area (Å²) in [7, 11) is -2.30. The number of nitrogens with one attached hydrogen (secondary N) is 1. The lowest BCUT2D eigenvalue weighted by atomic mass is 10.3. The molecular weight excluding hydrogens is 306 g/mol. The highest BCUT2D eigenvalue weighted by Crippen LogP contribution is 2.19. The molecule has 0 aromatic heterocycles. The first-order valence-electron chi connectivity index (χ1n) is 6.26. The zero-order valence-corrected chi connectivity index (χ0v) is 12.3. The number of carbonyl (C=O) groups is 1. The van der Waals surface area contributed by atoms with E-state index in [1.807, 2.05) is 0 Å². The summed E-state index contributed by atoms with van der Waals surface area (Å²) >= 11 is 0. The molecule has 112 valence electrons. The van der Waals surface area contributed by atoms with Crippen molar-refractivity contribution in [3.8, 4) is 5.75 Å². The van der Waals surface area contributed by atoms with Crippen LogP contribution in [-0.2, 0) is 10.0 Å². The molecule has 0 radical (unpaired) electrons. The van der Waals surface area contributed by atoms with Gasteiger partial charge in [-0.3, -0.25) is 4.72 Å². The Morgan fingerprint density at radius 2 is 1.82 bits per heavy atom. The molecule has 0 bridgehead atoms. The maximum Gasteiger partial charge on any atom is 0.368 e. The van der Waals surface area contributed by atoms with Crippen LogP contribution in [0.25, 0.3) is 0 Å². The van der Waals surface area contributed by atoms with Gasteiger partial charge < -0.3 is 4.74 Å². The number of hydrogen-bond donors (Lipinski definition) is 1. The summed E-state index contributed by atoms with van der Waals surface area (Å²) in [5.74, 6) is 0.536. The van der Waals surface area contributed by atoms with E-state index in [0.717, 1.165) is 0 Å². The Bertz CT molecular complexity index is 983. The van der Waals surface area contributed by atoms with Crippen LogP contribution in [0.3, 0.4) is 0 Å². The van der Waals surface area contributed by atoms with Gasteiger partial charge in [-0.1, -0.05) is 6.07 Å². The Hall–Kier alpha value is -2.74. The number of methoxy groups -OCH3 is 1. The number of fused-ring (bicyclic) bond motifs is 1. The molecule has 0 spiro atoms. The second kappa shape index (κ2) is 5.23. The van der Waals surface area contributed by atoms with Crippen molar-refractivity contribution in [1.29, 1.82) is 0 Å². The fourth-order valence-corrected chi connectivity index (χ4v) is 3.06.